The molecule has 3 amide bonds. The summed E-state index contributed by atoms with van der Waals surface area (Å²) < 4.78 is 4.98. The summed E-state index contributed by atoms with van der Waals surface area (Å²) in [6.45, 7) is 3.21. The molecule has 0 bridgehead atoms. The fourth-order valence-corrected chi connectivity index (χ4v) is 3.50. The normalized spacial score (nSPS) is 16.3. The van der Waals surface area contributed by atoms with Crippen LogP contribution in [0.15, 0.2) is 18.2 Å². The lowest BCUT2D eigenvalue weighted by Crippen LogP contribution is -2.46. The van der Waals surface area contributed by atoms with E-state index in [4.69, 9.17) is 4.74 Å². The van der Waals surface area contributed by atoms with Crippen LogP contribution in [0.2, 0.25) is 0 Å². The third-order valence-corrected chi connectivity index (χ3v) is 5.02. The molecule has 2 aliphatic rings. The molecule has 2 aliphatic heterocycles. The van der Waals surface area contributed by atoms with E-state index in [9.17, 15) is 19.2 Å². The highest BCUT2D eigenvalue weighted by molar-refractivity contribution is 6.02. The van der Waals surface area contributed by atoms with Crippen molar-refractivity contribution >= 4 is 29.4 Å². The van der Waals surface area contributed by atoms with Crippen LogP contribution >= 0.6 is 0 Å². The number of hydrogen-bond donors (Lipinski definition) is 2. The average molecular weight is 387 g/mol. The van der Waals surface area contributed by atoms with Crippen LogP contribution in [0.4, 0.5) is 10.5 Å². The Bertz CT molecular complexity index is 784. The molecule has 0 aromatic heterocycles. The summed E-state index contributed by atoms with van der Waals surface area (Å²) in [4.78, 5) is 49.3. The fourth-order valence-electron chi connectivity index (χ4n) is 3.50. The van der Waals surface area contributed by atoms with Crippen molar-refractivity contribution in [2.75, 3.05) is 25.0 Å². The van der Waals surface area contributed by atoms with Crippen molar-refractivity contribution in [2.45, 2.75) is 45.1 Å². The number of carbonyl (C=O) groups is 4. The van der Waals surface area contributed by atoms with E-state index in [2.05, 4.69) is 10.6 Å². The van der Waals surface area contributed by atoms with Crippen molar-refractivity contribution in [2.24, 2.45) is 0 Å². The molecular formula is C20H25N3O5. The monoisotopic (exact) mass is 387 g/mol. The predicted molar refractivity (Wildman–Crippen MR) is 102 cm³/mol. The van der Waals surface area contributed by atoms with Gasteiger partial charge in [-0.3, -0.25) is 14.4 Å². The molecule has 0 aliphatic carbocycles. The van der Waals surface area contributed by atoms with Crippen LogP contribution in [0.25, 0.3) is 0 Å². The number of Topliss-reactive ketones (excluding diaryl/α,β-unsaturated/α-hetero) is 1. The van der Waals surface area contributed by atoms with Crippen molar-refractivity contribution in [1.29, 1.82) is 0 Å². The number of nitrogens with one attached hydrogen (secondary N) is 2. The zero-order valence-electron chi connectivity index (χ0n) is 16.0. The number of piperidine rings is 1. The molecule has 1 saturated heterocycles. The fraction of sp³-hybridized carbons (Fsp3) is 0.500. The lowest BCUT2D eigenvalue weighted by atomic mass is 10.0. The summed E-state index contributed by atoms with van der Waals surface area (Å²) in [6.07, 6.45) is 1.54. The molecule has 1 fully saturated rings. The third kappa shape index (κ3) is 4.88. The molecule has 150 valence electrons. The number of amides is 3. The van der Waals surface area contributed by atoms with E-state index in [1.165, 1.54) is 0 Å². The molecule has 0 radical (unpaired) electrons. The minimum atomic E-state index is -0.316. The molecule has 0 saturated carbocycles. The first-order valence-electron chi connectivity index (χ1n) is 9.63. The Labute approximate surface area is 163 Å². The van der Waals surface area contributed by atoms with Crippen molar-refractivity contribution < 1.29 is 23.9 Å². The van der Waals surface area contributed by atoms with Gasteiger partial charge in [0.25, 0.3) is 0 Å². The molecule has 2 heterocycles. The van der Waals surface area contributed by atoms with Crippen LogP contribution in [-0.4, -0.2) is 54.3 Å². The summed E-state index contributed by atoms with van der Waals surface area (Å²) in [5, 5.41) is 5.67. The second-order valence-corrected chi connectivity index (χ2v) is 7.05. The zero-order chi connectivity index (χ0) is 20.1. The number of anilines is 1. The summed E-state index contributed by atoms with van der Waals surface area (Å²) in [5.41, 5.74) is 2.08. The smallest absolute Gasteiger partial charge is 0.409 e. The summed E-state index contributed by atoms with van der Waals surface area (Å²) in [5.74, 6) is -0.358. The second kappa shape index (κ2) is 8.86. The van der Waals surface area contributed by atoms with E-state index in [0.717, 1.165) is 11.3 Å². The van der Waals surface area contributed by atoms with Gasteiger partial charge in [0.1, 0.15) is 0 Å². The van der Waals surface area contributed by atoms with Gasteiger partial charge in [-0.15, -0.1) is 0 Å². The van der Waals surface area contributed by atoms with Gasteiger partial charge >= 0.3 is 6.09 Å². The van der Waals surface area contributed by atoms with Crippen molar-refractivity contribution in [3.05, 3.63) is 29.3 Å². The topological polar surface area (TPSA) is 105 Å². The van der Waals surface area contributed by atoms with Crippen LogP contribution in [-0.2, 0) is 20.7 Å². The van der Waals surface area contributed by atoms with Crippen LogP contribution in [0.1, 0.15) is 48.5 Å². The number of fused-ring (bicyclic) bond motifs is 1. The highest BCUT2D eigenvalue weighted by Crippen LogP contribution is 2.24. The SMILES string of the molecule is CCOC(=O)N1CCC(NC(=O)CCC(=O)c2ccc3c(c2)CC(=O)N3)CC1. The molecule has 3 rings (SSSR count). The molecule has 1 aromatic carbocycles. The van der Waals surface area contributed by atoms with Gasteiger partial charge in [0.2, 0.25) is 11.8 Å². The summed E-state index contributed by atoms with van der Waals surface area (Å²) in [7, 11) is 0. The van der Waals surface area contributed by atoms with E-state index in [-0.39, 0.29) is 49.0 Å². The van der Waals surface area contributed by atoms with Crippen LogP contribution < -0.4 is 10.6 Å². The number of ether oxygens (including phenoxy) is 1. The Kier molecular flexibility index (Phi) is 6.28. The average Bonchev–Trinajstić information content (AvgIpc) is 3.06. The maximum atomic E-state index is 12.4. The van der Waals surface area contributed by atoms with Crippen LogP contribution in [0.3, 0.4) is 0 Å². The number of likely N-dealkylation sites (tertiary alicyclic amines) is 1. The van der Waals surface area contributed by atoms with Gasteiger partial charge in [-0.25, -0.2) is 4.79 Å². The maximum absolute atomic E-state index is 12.4. The van der Waals surface area contributed by atoms with Crippen molar-refractivity contribution in [3.63, 3.8) is 0 Å². The minimum Gasteiger partial charge on any atom is -0.450 e. The lowest BCUT2D eigenvalue weighted by molar-refractivity contribution is -0.122. The number of carbonyl (C=O) groups excluding carboxylic acids is 4. The van der Waals surface area contributed by atoms with Gasteiger partial charge in [0.05, 0.1) is 13.0 Å². The Balaban J connectivity index is 1.41. The standard InChI is InChI=1S/C20H25N3O5/c1-2-28-20(27)23-9-7-15(8-10-23)21-18(25)6-5-17(24)13-3-4-16-14(11-13)12-19(26)22-16/h3-4,11,15H,2,5-10,12H2,1H3,(H,21,25)(H,22,26). The quantitative estimate of drug-likeness (QED) is 0.725. The Morgan fingerprint density at radius 1 is 1.21 bits per heavy atom. The molecule has 1 aromatic rings. The molecule has 0 spiro atoms. The van der Waals surface area contributed by atoms with E-state index in [1.807, 2.05) is 0 Å². The number of hydrogen-bond acceptors (Lipinski definition) is 5. The second-order valence-electron chi connectivity index (χ2n) is 7.05. The number of rotatable bonds is 6. The van der Waals surface area contributed by atoms with Gasteiger partial charge < -0.3 is 20.3 Å². The number of ketones is 1. The third-order valence-electron chi connectivity index (χ3n) is 5.02. The maximum Gasteiger partial charge on any atom is 0.409 e. The first-order chi connectivity index (χ1) is 13.5. The predicted octanol–water partition coefficient (Wildman–Crippen LogP) is 1.88. The number of benzene rings is 1. The van der Waals surface area contributed by atoms with E-state index in [1.54, 1.807) is 30.0 Å². The molecule has 8 heteroatoms. The van der Waals surface area contributed by atoms with Crippen molar-refractivity contribution in [1.82, 2.24) is 10.2 Å². The highest BCUT2D eigenvalue weighted by atomic mass is 16.6. The van der Waals surface area contributed by atoms with Crippen LogP contribution in [0, 0.1) is 0 Å². The molecule has 2 N–H and O–H groups in total. The Hall–Kier alpha value is -2.90. The van der Waals surface area contributed by atoms with E-state index < -0.39 is 0 Å². The van der Waals surface area contributed by atoms with Crippen molar-refractivity contribution in [3.8, 4) is 0 Å². The first-order valence-corrected chi connectivity index (χ1v) is 9.63. The Morgan fingerprint density at radius 3 is 2.68 bits per heavy atom. The largest absolute Gasteiger partial charge is 0.450 e. The summed E-state index contributed by atoms with van der Waals surface area (Å²) in [6, 6.07) is 5.13. The minimum absolute atomic E-state index is 0.00496. The number of nitrogens with zero attached hydrogens (tertiary/aromatic N) is 1. The van der Waals surface area contributed by atoms with Gasteiger partial charge in [-0.2, -0.15) is 0 Å². The molecule has 28 heavy (non-hydrogen) atoms. The highest BCUT2D eigenvalue weighted by Gasteiger charge is 2.25. The van der Waals surface area contributed by atoms with E-state index in [0.29, 0.717) is 38.1 Å². The molecule has 0 atom stereocenters. The van der Waals surface area contributed by atoms with E-state index >= 15 is 0 Å². The van der Waals surface area contributed by atoms with Gasteiger partial charge in [-0.1, -0.05) is 0 Å². The summed E-state index contributed by atoms with van der Waals surface area (Å²) >= 11 is 0. The molecular weight excluding hydrogens is 362 g/mol. The molecule has 0 unspecified atom stereocenters. The van der Waals surface area contributed by atoms with Crippen LogP contribution in [0.5, 0.6) is 0 Å². The Morgan fingerprint density at radius 2 is 1.96 bits per heavy atom. The molecule has 8 nitrogen and oxygen atoms in total. The zero-order valence-corrected chi connectivity index (χ0v) is 16.0. The first kappa shape index (κ1) is 19.9. The lowest BCUT2D eigenvalue weighted by Gasteiger charge is -2.31. The van der Waals surface area contributed by atoms with Gasteiger partial charge in [-0.05, 0) is 43.5 Å². The van der Waals surface area contributed by atoms with Gasteiger partial charge in [0.15, 0.2) is 5.78 Å². The van der Waals surface area contributed by atoms with Gasteiger partial charge in [0, 0.05) is 43.2 Å².